The summed E-state index contributed by atoms with van der Waals surface area (Å²) in [6, 6.07) is 18.4. The van der Waals surface area contributed by atoms with E-state index in [1.807, 2.05) is 24.3 Å². The van der Waals surface area contributed by atoms with Gasteiger partial charge in [0, 0.05) is 37.3 Å². The highest BCUT2D eigenvalue weighted by Crippen LogP contribution is 2.32. The second kappa shape index (κ2) is 32.4. The van der Waals surface area contributed by atoms with Crippen LogP contribution in [0, 0.1) is 0 Å². The van der Waals surface area contributed by atoms with Crippen LogP contribution in [0.1, 0.15) is 172 Å². The molecule has 2 aliphatic carbocycles. The number of piperidine rings is 2. The van der Waals surface area contributed by atoms with Crippen LogP contribution >= 0.6 is 24.8 Å². The smallest absolute Gasteiger partial charge is 0.251 e. The fourth-order valence-electron chi connectivity index (χ4n) is 11.4. The van der Waals surface area contributed by atoms with Crippen molar-refractivity contribution in [1.82, 2.24) is 52.3 Å². The monoisotopic (exact) mass is 1140 g/mol. The standard InChI is InChI=1S/C60H84N10O8.2ClH/c1-39(61-3)53(71)67-49(59(77)69-36-15-11-32-51(69)57(75)65-47-30-18-22-41-20-5-7-26-45(41)47)28-9-13-34-63-55(73)43-24-17-25-44(38-43)56(74)64-35-14-10-29-50(68-54(72)40(2)62-4)60(78)70-37-16-12-33-52(70)58(76)66-48-31-19-23-42-21-6-8-27-46(42)48;;/h5-8,17,20-21,24-27,38-40,47-52,61-62H,9-16,18-19,22-23,28-37H2,1-4H3,(H,63,73)(H,64,74)(H,65,75)(H,66,76)(H,67,71)(H,68,72);2*1H/t39-,40-,47+,48+,49-,50-,51-,52-;;/m0../s1. The highest BCUT2D eigenvalue weighted by atomic mass is 35.5. The van der Waals surface area contributed by atoms with E-state index in [-0.39, 0.29) is 97.2 Å². The molecule has 80 heavy (non-hydrogen) atoms. The number of unbranched alkanes of at least 4 members (excludes halogenated alkanes) is 2. The molecule has 0 radical (unpaired) electrons. The molecule has 0 saturated carbocycles. The first-order valence-electron chi connectivity index (χ1n) is 28.8. The van der Waals surface area contributed by atoms with Gasteiger partial charge in [-0.05, 0) is 184 Å². The lowest BCUT2D eigenvalue weighted by atomic mass is 9.87. The molecule has 18 nitrogen and oxygen atoms in total. The number of benzene rings is 3. The zero-order chi connectivity index (χ0) is 55.6. The van der Waals surface area contributed by atoms with Crippen molar-refractivity contribution >= 4 is 72.1 Å². The van der Waals surface area contributed by atoms with Gasteiger partial charge in [-0.3, -0.25) is 38.4 Å². The minimum Gasteiger partial charge on any atom is -0.352 e. The Labute approximate surface area is 484 Å². The van der Waals surface area contributed by atoms with Crippen LogP contribution in [-0.2, 0) is 41.6 Å². The van der Waals surface area contributed by atoms with Gasteiger partial charge >= 0.3 is 0 Å². The molecule has 0 spiro atoms. The Morgan fingerprint density at radius 3 is 1.34 bits per heavy atom. The highest BCUT2D eigenvalue weighted by molar-refractivity contribution is 6.00. The molecule has 2 heterocycles. The van der Waals surface area contributed by atoms with Crippen LogP contribution in [-0.4, -0.2) is 134 Å². The van der Waals surface area contributed by atoms with Crippen LogP contribution < -0.4 is 42.5 Å². The van der Waals surface area contributed by atoms with Gasteiger partial charge in [-0.2, -0.15) is 0 Å². The van der Waals surface area contributed by atoms with Gasteiger partial charge in [-0.25, -0.2) is 0 Å². The van der Waals surface area contributed by atoms with Crippen molar-refractivity contribution in [3.05, 3.63) is 106 Å². The molecular weight excluding hydrogens is 1060 g/mol. The van der Waals surface area contributed by atoms with E-state index < -0.39 is 36.3 Å². The van der Waals surface area contributed by atoms with Crippen molar-refractivity contribution in [1.29, 1.82) is 0 Å². The van der Waals surface area contributed by atoms with E-state index in [1.54, 1.807) is 55.9 Å². The zero-order valence-electron chi connectivity index (χ0n) is 47.1. The molecule has 438 valence electrons. The van der Waals surface area contributed by atoms with E-state index in [4.69, 9.17) is 0 Å². The molecule has 2 fully saturated rings. The third-order valence-corrected chi connectivity index (χ3v) is 16.2. The largest absolute Gasteiger partial charge is 0.352 e. The summed E-state index contributed by atoms with van der Waals surface area (Å²) in [5.74, 6) is -2.30. The number of nitrogens with one attached hydrogen (secondary N) is 8. The Morgan fingerprint density at radius 2 is 0.925 bits per heavy atom. The van der Waals surface area contributed by atoms with E-state index >= 15 is 0 Å². The number of aryl methyl sites for hydroxylation is 2. The number of carbonyl (C=O) groups is 8. The van der Waals surface area contributed by atoms with Gasteiger partial charge in [-0.1, -0.05) is 54.6 Å². The van der Waals surface area contributed by atoms with Gasteiger partial charge in [0.1, 0.15) is 24.2 Å². The number of likely N-dealkylation sites (tertiary alicyclic amines) is 2. The molecule has 0 aromatic heterocycles. The number of carbonyl (C=O) groups excluding carboxylic acids is 8. The summed E-state index contributed by atoms with van der Waals surface area (Å²) in [6.45, 7) is 4.84. The van der Waals surface area contributed by atoms with Crippen LogP contribution in [0.3, 0.4) is 0 Å². The predicted octanol–water partition coefficient (Wildman–Crippen LogP) is 5.67. The van der Waals surface area contributed by atoms with Crippen molar-refractivity contribution in [3.8, 4) is 0 Å². The number of rotatable bonds is 24. The molecule has 3 aromatic rings. The Kier molecular flexibility index (Phi) is 26.2. The quantitative estimate of drug-likeness (QED) is 0.0512. The first-order chi connectivity index (χ1) is 37.8. The predicted molar refractivity (Wildman–Crippen MR) is 313 cm³/mol. The van der Waals surface area contributed by atoms with Gasteiger partial charge < -0.3 is 52.3 Å². The topological polar surface area (TPSA) is 239 Å². The molecule has 7 rings (SSSR count). The van der Waals surface area contributed by atoms with E-state index in [1.165, 1.54) is 17.2 Å². The van der Waals surface area contributed by atoms with Crippen molar-refractivity contribution in [3.63, 3.8) is 0 Å². The molecule has 8 atom stereocenters. The molecule has 2 saturated heterocycles. The number of likely N-dealkylation sites (N-methyl/N-ethyl adjacent to an activating group) is 2. The average molecular weight is 1150 g/mol. The Balaban J connectivity index is 0.00000588. The fraction of sp³-hybridized carbons (Fsp3) is 0.567. The maximum absolute atomic E-state index is 14.3. The molecule has 3 aromatic carbocycles. The number of halogens is 2. The molecule has 20 heteroatoms. The highest BCUT2D eigenvalue weighted by Gasteiger charge is 2.39. The lowest BCUT2D eigenvalue weighted by Crippen LogP contribution is -2.58. The van der Waals surface area contributed by atoms with Crippen LogP contribution in [0.2, 0.25) is 0 Å². The van der Waals surface area contributed by atoms with Crippen LogP contribution in [0.15, 0.2) is 72.8 Å². The van der Waals surface area contributed by atoms with E-state index in [0.29, 0.717) is 75.6 Å². The Morgan fingerprint density at radius 1 is 0.512 bits per heavy atom. The van der Waals surface area contributed by atoms with E-state index in [0.717, 1.165) is 75.3 Å². The maximum Gasteiger partial charge on any atom is 0.251 e. The summed E-state index contributed by atoms with van der Waals surface area (Å²) < 4.78 is 0. The molecule has 2 aliphatic heterocycles. The SMILES string of the molecule is CN[C@@H](C)C(=O)N[C@@H](CCCCNC(=O)c1cccc(C(=O)NCCCC[C@H](NC(=O)[C@H](C)NC)C(=O)N2CCCC[C@H]2C(=O)N[C@@H]2CCCc3ccccc32)c1)C(=O)N1CCCC[C@H]1C(=O)N[C@@H]1CCCc2ccccc21.Cl.Cl. The summed E-state index contributed by atoms with van der Waals surface area (Å²) in [5.41, 5.74) is 5.32. The minimum absolute atomic E-state index is 0. The van der Waals surface area contributed by atoms with E-state index in [9.17, 15) is 38.4 Å². The lowest BCUT2D eigenvalue weighted by Gasteiger charge is -2.38. The number of amides is 8. The second-order valence-corrected chi connectivity index (χ2v) is 21.6. The molecule has 8 N–H and O–H groups in total. The van der Waals surface area contributed by atoms with Gasteiger partial charge in [0.25, 0.3) is 11.8 Å². The summed E-state index contributed by atoms with van der Waals surface area (Å²) in [4.78, 5) is 113. The van der Waals surface area contributed by atoms with E-state index in [2.05, 4.69) is 66.8 Å². The van der Waals surface area contributed by atoms with Crippen molar-refractivity contribution in [2.24, 2.45) is 0 Å². The number of nitrogens with zero attached hydrogens (tertiary/aromatic N) is 2. The first kappa shape index (κ1) is 64.7. The second-order valence-electron chi connectivity index (χ2n) is 21.6. The maximum atomic E-state index is 14.3. The molecule has 4 aliphatic rings. The third-order valence-electron chi connectivity index (χ3n) is 16.2. The van der Waals surface area contributed by atoms with Crippen molar-refractivity contribution in [2.75, 3.05) is 40.3 Å². The fourth-order valence-corrected chi connectivity index (χ4v) is 11.4. The third kappa shape index (κ3) is 17.5. The summed E-state index contributed by atoms with van der Waals surface area (Å²) in [7, 11) is 3.35. The first-order valence-corrected chi connectivity index (χ1v) is 28.8. The number of hydrogen-bond donors (Lipinski definition) is 8. The number of hydrogen-bond acceptors (Lipinski definition) is 10. The van der Waals surface area contributed by atoms with Crippen LogP contribution in [0.25, 0.3) is 0 Å². The van der Waals surface area contributed by atoms with Crippen molar-refractivity contribution < 1.29 is 38.4 Å². The summed E-state index contributed by atoms with van der Waals surface area (Å²) in [6.07, 6.45) is 12.4. The normalized spacial score (nSPS) is 20.0. The Bertz CT molecular complexity index is 2420. The minimum atomic E-state index is -0.863. The van der Waals surface area contributed by atoms with Crippen molar-refractivity contribution in [2.45, 2.75) is 178 Å². The zero-order valence-corrected chi connectivity index (χ0v) is 48.7. The van der Waals surface area contributed by atoms with Gasteiger partial charge in [0.2, 0.25) is 35.4 Å². The molecule has 0 bridgehead atoms. The lowest BCUT2D eigenvalue weighted by molar-refractivity contribution is -0.145. The van der Waals surface area contributed by atoms with Gasteiger partial charge in [0.15, 0.2) is 0 Å². The average Bonchev–Trinajstić information content (AvgIpc) is 3.47. The Hall–Kier alpha value is -6.08. The van der Waals surface area contributed by atoms with Crippen LogP contribution in [0.5, 0.6) is 0 Å². The molecule has 8 amide bonds. The van der Waals surface area contributed by atoms with Gasteiger partial charge in [-0.15, -0.1) is 24.8 Å². The molecular formula is C60H86Cl2N10O8. The summed E-state index contributed by atoms with van der Waals surface area (Å²) in [5, 5.41) is 24.1. The summed E-state index contributed by atoms with van der Waals surface area (Å²) >= 11 is 0. The van der Waals surface area contributed by atoms with Gasteiger partial charge in [0.05, 0.1) is 24.2 Å². The van der Waals surface area contributed by atoms with Crippen LogP contribution in [0.4, 0.5) is 0 Å². The number of fused-ring (bicyclic) bond motifs is 2. The molecule has 0 unspecified atom stereocenters.